The van der Waals surface area contributed by atoms with Crippen molar-refractivity contribution in [3.05, 3.63) is 95.1 Å². The van der Waals surface area contributed by atoms with Crippen LogP contribution in [-0.4, -0.2) is 38.8 Å². The van der Waals surface area contributed by atoms with Crippen LogP contribution in [-0.2, 0) is 17.8 Å². The lowest BCUT2D eigenvalue weighted by atomic mass is 9.84. The number of nitrogens with zero attached hydrogens (tertiary/aromatic N) is 4. The van der Waals surface area contributed by atoms with E-state index in [1.54, 1.807) is 29.2 Å². The van der Waals surface area contributed by atoms with Gasteiger partial charge >= 0.3 is 6.36 Å². The molecule has 5 rings (SSSR count). The number of aromatic amines is 1. The van der Waals surface area contributed by atoms with Crippen LogP contribution in [0.2, 0.25) is 0 Å². The zero-order chi connectivity index (χ0) is 29.5. The van der Waals surface area contributed by atoms with Crippen molar-refractivity contribution in [3.63, 3.8) is 0 Å². The van der Waals surface area contributed by atoms with Crippen LogP contribution in [0.4, 0.5) is 24.8 Å². The number of hydrogen-bond donors (Lipinski definition) is 2. The molecular weight excluding hydrogens is 549 g/mol. The van der Waals surface area contributed by atoms with Crippen LogP contribution in [0.15, 0.2) is 72.8 Å². The van der Waals surface area contributed by atoms with E-state index in [4.69, 9.17) is 0 Å². The van der Waals surface area contributed by atoms with E-state index < -0.39 is 12.3 Å². The van der Waals surface area contributed by atoms with Crippen LogP contribution in [0, 0.1) is 0 Å². The van der Waals surface area contributed by atoms with E-state index in [0.29, 0.717) is 22.7 Å². The summed E-state index contributed by atoms with van der Waals surface area (Å²) in [5, 5.41) is 15.6. The van der Waals surface area contributed by atoms with Crippen molar-refractivity contribution in [2.45, 2.75) is 57.3 Å². The summed E-state index contributed by atoms with van der Waals surface area (Å²) in [4.78, 5) is 27.7. The molecule has 12 heteroatoms. The number of aromatic nitrogens is 4. The SMILES string of the molecule is O=C(Nc1nn[nH]n1)c1ccc(CN(C(=O)Cc2ccc(OC(F)(F)F)cc2)c2ccc(C3CCCCC3)cc2)cc1. The average Bonchev–Trinajstić information content (AvgIpc) is 3.50. The first kappa shape index (κ1) is 28.8. The van der Waals surface area contributed by atoms with Gasteiger partial charge in [-0.25, -0.2) is 0 Å². The number of halogens is 3. The molecule has 218 valence electrons. The Morgan fingerprint density at radius 2 is 1.57 bits per heavy atom. The van der Waals surface area contributed by atoms with Crippen molar-refractivity contribution in [3.8, 4) is 5.75 Å². The zero-order valence-corrected chi connectivity index (χ0v) is 22.6. The number of carbonyl (C=O) groups is 2. The van der Waals surface area contributed by atoms with Gasteiger partial charge < -0.3 is 9.64 Å². The van der Waals surface area contributed by atoms with E-state index in [9.17, 15) is 22.8 Å². The highest BCUT2D eigenvalue weighted by molar-refractivity contribution is 6.03. The number of rotatable bonds is 9. The second kappa shape index (κ2) is 12.8. The summed E-state index contributed by atoms with van der Waals surface area (Å²) in [5.74, 6) is -0.427. The average molecular weight is 579 g/mol. The lowest BCUT2D eigenvalue weighted by Gasteiger charge is -2.26. The number of hydrogen-bond acceptors (Lipinski definition) is 6. The molecule has 0 saturated heterocycles. The maximum Gasteiger partial charge on any atom is 0.573 e. The van der Waals surface area contributed by atoms with Crippen molar-refractivity contribution < 1.29 is 27.5 Å². The van der Waals surface area contributed by atoms with Crippen molar-refractivity contribution in [1.82, 2.24) is 20.6 Å². The first-order valence-corrected chi connectivity index (χ1v) is 13.6. The summed E-state index contributed by atoms with van der Waals surface area (Å²) in [6.07, 6.45) is 1.19. The van der Waals surface area contributed by atoms with E-state index in [1.807, 2.05) is 12.1 Å². The minimum Gasteiger partial charge on any atom is -0.406 e. The van der Waals surface area contributed by atoms with Crippen molar-refractivity contribution in [2.75, 3.05) is 10.2 Å². The summed E-state index contributed by atoms with van der Waals surface area (Å²) >= 11 is 0. The predicted octanol–water partition coefficient (Wildman–Crippen LogP) is 6.17. The summed E-state index contributed by atoms with van der Waals surface area (Å²) < 4.78 is 41.6. The predicted molar refractivity (Wildman–Crippen MR) is 149 cm³/mol. The molecule has 1 heterocycles. The summed E-state index contributed by atoms with van der Waals surface area (Å²) in [7, 11) is 0. The quantitative estimate of drug-likeness (QED) is 0.246. The molecule has 0 spiro atoms. The number of nitrogens with one attached hydrogen (secondary N) is 2. The molecule has 2 amide bonds. The normalized spacial score (nSPS) is 13.9. The third kappa shape index (κ3) is 7.71. The van der Waals surface area contributed by atoms with Gasteiger partial charge in [0.2, 0.25) is 5.91 Å². The Bertz CT molecular complexity index is 1470. The van der Waals surface area contributed by atoms with Gasteiger partial charge in [0.25, 0.3) is 11.9 Å². The molecule has 1 aromatic heterocycles. The van der Waals surface area contributed by atoms with Crippen LogP contribution >= 0.6 is 0 Å². The first-order valence-electron chi connectivity index (χ1n) is 13.6. The van der Waals surface area contributed by atoms with Crippen molar-refractivity contribution in [2.24, 2.45) is 0 Å². The standard InChI is InChI=1S/C30H29F3N6O3/c31-30(32,33)42-26-16-8-20(9-17-26)18-27(40)39(25-14-12-23(13-15-25)22-4-2-1-3-5-22)19-21-6-10-24(11-7-21)28(41)34-29-35-37-38-36-29/h6-17,22H,1-5,18-19H2,(H2,34,35,36,37,38,41). The highest BCUT2D eigenvalue weighted by Crippen LogP contribution is 2.34. The summed E-state index contributed by atoms with van der Waals surface area (Å²) in [5.41, 5.74) is 3.66. The van der Waals surface area contributed by atoms with Crippen LogP contribution in [0.1, 0.15) is 65.1 Å². The molecule has 3 aromatic carbocycles. The second-order valence-electron chi connectivity index (χ2n) is 10.2. The summed E-state index contributed by atoms with van der Waals surface area (Å²) in [6.45, 7) is 0.226. The Morgan fingerprint density at radius 1 is 0.905 bits per heavy atom. The highest BCUT2D eigenvalue weighted by atomic mass is 19.4. The first-order chi connectivity index (χ1) is 20.2. The number of alkyl halides is 3. The van der Waals surface area contributed by atoms with Gasteiger partial charge in [-0.3, -0.25) is 14.9 Å². The van der Waals surface area contributed by atoms with E-state index in [2.05, 4.69) is 42.8 Å². The zero-order valence-electron chi connectivity index (χ0n) is 22.6. The molecule has 0 aliphatic heterocycles. The van der Waals surface area contributed by atoms with Gasteiger partial charge in [-0.1, -0.05) is 60.8 Å². The van der Waals surface area contributed by atoms with E-state index >= 15 is 0 Å². The van der Waals surface area contributed by atoms with Crippen molar-refractivity contribution >= 4 is 23.5 Å². The second-order valence-corrected chi connectivity index (χ2v) is 10.2. The smallest absolute Gasteiger partial charge is 0.406 e. The molecule has 2 N–H and O–H groups in total. The third-order valence-corrected chi connectivity index (χ3v) is 7.22. The molecule has 0 atom stereocenters. The number of carbonyl (C=O) groups excluding carboxylic acids is 2. The molecule has 0 radical (unpaired) electrons. The molecular formula is C30H29F3N6O3. The fraction of sp³-hybridized carbons (Fsp3) is 0.300. The Kier molecular flexibility index (Phi) is 8.80. The summed E-state index contributed by atoms with van der Waals surface area (Å²) in [6, 6.07) is 20.1. The van der Waals surface area contributed by atoms with Crippen LogP contribution < -0.4 is 15.0 Å². The molecule has 4 aromatic rings. The number of benzene rings is 3. The molecule has 1 saturated carbocycles. The molecule has 1 aliphatic rings. The molecule has 1 fully saturated rings. The Morgan fingerprint density at radius 3 is 2.19 bits per heavy atom. The van der Waals surface area contributed by atoms with Crippen LogP contribution in [0.5, 0.6) is 5.75 Å². The number of tetrazole rings is 1. The number of H-pyrrole nitrogens is 1. The Hall–Kier alpha value is -4.74. The van der Waals surface area contributed by atoms with Gasteiger partial charge in [-0.05, 0) is 77.1 Å². The minimum atomic E-state index is -4.79. The topological polar surface area (TPSA) is 113 Å². The van der Waals surface area contributed by atoms with E-state index in [-0.39, 0.29) is 30.6 Å². The molecule has 9 nitrogen and oxygen atoms in total. The van der Waals surface area contributed by atoms with Crippen LogP contribution in [0.3, 0.4) is 0 Å². The number of amides is 2. The fourth-order valence-corrected chi connectivity index (χ4v) is 5.10. The van der Waals surface area contributed by atoms with Gasteiger partial charge in [0.05, 0.1) is 13.0 Å². The maximum atomic E-state index is 13.6. The number of ether oxygens (including phenoxy) is 1. The van der Waals surface area contributed by atoms with Crippen molar-refractivity contribution in [1.29, 1.82) is 0 Å². The minimum absolute atomic E-state index is 0.0259. The molecule has 0 unspecified atom stereocenters. The molecule has 0 bridgehead atoms. The maximum absolute atomic E-state index is 13.6. The highest BCUT2D eigenvalue weighted by Gasteiger charge is 2.31. The lowest BCUT2D eigenvalue weighted by molar-refractivity contribution is -0.274. The van der Waals surface area contributed by atoms with Gasteiger partial charge in [-0.2, -0.15) is 5.21 Å². The Balaban J connectivity index is 1.33. The number of anilines is 2. The van der Waals surface area contributed by atoms with Gasteiger partial charge in [0, 0.05) is 11.3 Å². The van der Waals surface area contributed by atoms with Crippen LogP contribution in [0.25, 0.3) is 0 Å². The molecule has 42 heavy (non-hydrogen) atoms. The van der Waals surface area contributed by atoms with E-state index in [1.165, 1.54) is 49.1 Å². The largest absolute Gasteiger partial charge is 0.573 e. The lowest BCUT2D eigenvalue weighted by Crippen LogP contribution is -2.31. The monoisotopic (exact) mass is 578 g/mol. The van der Waals surface area contributed by atoms with Gasteiger partial charge in [0.1, 0.15) is 5.75 Å². The van der Waals surface area contributed by atoms with Gasteiger partial charge in [0.15, 0.2) is 0 Å². The fourth-order valence-electron chi connectivity index (χ4n) is 5.10. The Labute approximate surface area is 240 Å². The van der Waals surface area contributed by atoms with E-state index in [0.717, 1.165) is 18.4 Å². The van der Waals surface area contributed by atoms with Gasteiger partial charge in [-0.15, -0.1) is 18.3 Å². The third-order valence-electron chi connectivity index (χ3n) is 7.22. The molecule has 1 aliphatic carbocycles.